The average Bonchev–Trinajstić information content (AvgIpc) is 2.60. The zero-order valence-corrected chi connectivity index (χ0v) is 16.1. The number of carbonyl (C=O) groups is 2. The van der Waals surface area contributed by atoms with Crippen LogP contribution in [0.25, 0.3) is 0 Å². The minimum Gasteiger partial charge on any atom is -0.480 e. The van der Waals surface area contributed by atoms with Crippen molar-refractivity contribution in [3.05, 3.63) is 64.2 Å². The van der Waals surface area contributed by atoms with E-state index in [4.69, 9.17) is 11.6 Å². The van der Waals surface area contributed by atoms with Gasteiger partial charge in [-0.3, -0.25) is 9.69 Å². The van der Waals surface area contributed by atoms with Crippen molar-refractivity contribution in [2.24, 2.45) is 0 Å². The Hall–Kier alpha value is -2.33. The van der Waals surface area contributed by atoms with Gasteiger partial charge in [0.05, 0.1) is 5.69 Å². The molecule has 26 heavy (non-hydrogen) atoms. The lowest BCUT2D eigenvalue weighted by molar-refractivity contribution is -0.138. The molecule has 4 nitrogen and oxygen atoms in total. The van der Waals surface area contributed by atoms with Gasteiger partial charge in [-0.25, -0.2) is 4.79 Å². The summed E-state index contributed by atoms with van der Waals surface area (Å²) in [7, 11) is 0. The van der Waals surface area contributed by atoms with Crippen LogP contribution in [0.4, 0.5) is 5.69 Å². The standard InChI is InChI=1S/C21H24ClNO3/c1-4-5-9-18(21(25)26)23(19-14(2)7-6-8-15(19)3)20(24)16-10-12-17(22)13-11-16/h6-8,10-13,18H,4-5,9H2,1-3H3,(H,25,26). The average molecular weight is 374 g/mol. The molecule has 0 fully saturated rings. The Morgan fingerprint density at radius 2 is 1.65 bits per heavy atom. The molecule has 0 saturated carbocycles. The number of unbranched alkanes of at least 4 members (excludes halogenated alkanes) is 1. The Morgan fingerprint density at radius 1 is 1.08 bits per heavy atom. The normalized spacial score (nSPS) is 11.8. The Labute approximate surface area is 159 Å². The summed E-state index contributed by atoms with van der Waals surface area (Å²) in [6, 6.07) is 11.3. The smallest absolute Gasteiger partial charge is 0.326 e. The Balaban J connectivity index is 2.58. The number of nitrogens with zero attached hydrogens (tertiary/aromatic N) is 1. The van der Waals surface area contributed by atoms with Crippen molar-refractivity contribution in [1.82, 2.24) is 0 Å². The maximum Gasteiger partial charge on any atom is 0.326 e. The highest BCUT2D eigenvalue weighted by atomic mass is 35.5. The van der Waals surface area contributed by atoms with E-state index in [1.165, 1.54) is 4.90 Å². The van der Waals surface area contributed by atoms with Gasteiger partial charge in [0, 0.05) is 10.6 Å². The van der Waals surface area contributed by atoms with Crippen LogP contribution >= 0.6 is 11.6 Å². The second kappa shape index (κ2) is 8.86. The molecule has 0 aliphatic carbocycles. The summed E-state index contributed by atoms with van der Waals surface area (Å²) in [5.41, 5.74) is 2.82. The lowest BCUT2D eigenvalue weighted by atomic mass is 10.0. The number of amides is 1. The number of para-hydroxylation sites is 1. The molecule has 5 heteroatoms. The Morgan fingerprint density at radius 3 is 2.15 bits per heavy atom. The van der Waals surface area contributed by atoms with E-state index in [-0.39, 0.29) is 5.91 Å². The van der Waals surface area contributed by atoms with E-state index in [0.717, 1.165) is 24.0 Å². The van der Waals surface area contributed by atoms with Gasteiger partial charge in [-0.1, -0.05) is 49.6 Å². The molecule has 0 heterocycles. The zero-order chi connectivity index (χ0) is 19.3. The highest BCUT2D eigenvalue weighted by molar-refractivity contribution is 6.30. The molecule has 0 aliphatic heterocycles. The fourth-order valence-corrected chi connectivity index (χ4v) is 3.20. The van der Waals surface area contributed by atoms with E-state index in [9.17, 15) is 14.7 Å². The molecule has 0 spiro atoms. The highest BCUT2D eigenvalue weighted by Crippen LogP contribution is 2.30. The fraction of sp³-hybridized carbons (Fsp3) is 0.333. The minimum absolute atomic E-state index is 0.331. The van der Waals surface area contributed by atoms with Crippen LogP contribution in [-0.4, -0.2) is 23.0 Å². The topological polar surface area (TPSA) is 57.6 Å². The summed E-state index contributed by atoms with van der Waals surface area (Å²) in [6.45, 7) is 5.79. The molecule has 1 amide bonds. The number of halogens is 1. The van der Waals surface area contributed by atoms with Gasteiger partial charge in [-0.2, -0.15) is 0 Å². The molecule has 0 radical (unpaired) electrons. The van der Waals surface area contributed by atoms with Crippen LogP contribution in [0.2, 0.25) is 5.02 Å². The van der Waals surface area contributed by atoms with E-state index in [1.54, 1.807) is 24.3 Å². The second-order valence-electron chi connectivity index (χ2n) is 6.42. The molecule has 0 aromatic heterocycles. The summed E-state index contributed by atoms with van der Waals surface area (Å²) < 4.78 is 0. The number of hydrogen-bond acceptors (Lipinski definition) is 2. The van der Waals surface area contributed by atoms with E-state index in [2.05, 4.69) is 0 Å². The van der Waals surface area contributed by atoms with Crippen molar-refractivity contribution in [3.8, 4) is 0 Å². The Bertz CT molecular complexity index is 766. The molecule has 2 rings (SSSR count). The van der Waals surface area contributed by atoms with E-state index in [0.29, 0.717) is 22.7 Å². The fourth-order valence-electron chi connectivity index (χ4n) is 3.08. The summed E-state index contributed by atoms with van der Waals surface area (Å²) >= 11 is 5.93. The first-order valence-corrected chi connectivity index (χ1v) is 9.12. The van der Waals surface area contributed by atoms with Crippen molar-refractivity contribution in [3.63, 3.8) is 0 Å². The molecule has 1 atom stereocenters. The molecule has 0 bridgehead atoms. The van der Waals surface area contributed by atoms with Crippen molar-refractivity contribution >= 4 is 29.2 Å². The lowest BCUT2D eigenvalue weighted by Crippen LogP contribution is -2.46. The molecule has 0 saturated heterocycles. The summed E-state index contributed by atoms with van der Waals surface area (Å²) in [6.07, 6.45) is 1.99. The number of anilines is 1. The molecular formula is C21H24ClNO3. The van der Waals surface area contributed by atoms with Crippen molar-refractivity contribution in [1.29, 1.82) is 0 Å². The van der Waals surface area contributed by atoms with Crippen LogP contribution in [-0.2, 0) is 4.79 Å². The third-order valence-corrected chi connectivity index (χ3v) is 4.67. The van der Waals surface area contributed by atoms with Crippen LogP contribution < -0.4 is 4.90 Å². The maximum absolute atomic E-state index is 13.3. The molecule has 1 N–H and O–H groups in total. The van der Waals surface area contributed by atoms with Gasteiger partial charge in [0.25, 0.3) is 5.91 Å². The number of carboxylic acids is 1. The zero-order valence-electron chi connectivity index (χ0n) is 15.3. The highest BCUT2D eigenvalue weighted by Gasteiger charge is 2.33. The first-order valence-electron chi connectivity index (χ1n) is 8.75. The number of aryl methyl sites for hydroxylation is 2. The largest absolute Gasteiger partial charge is 0.480 e. The van der Waals surface area contributed by atoms with Crippen molar-refractivity contribution in [2.45, 2.75) is 46.1 Å². The number of hydrogen-bond donors (Lipinski definition) is 1. The number of rotatable bonds is 7. The quantitative estimate of drug-likeness (QED) is 0.721. The second-order valence-corrected chi connectivity index (χ2v) is 6.86. The predicted molar refractivity (Wildman–Crippen MR) is 105 cm³/mol. The Kier molecular flexibility index (Phi) is 6.81. The van der Waals surface area contributed by atoms with Gasteiger partial charge in [-0.15, -0.1) is 0 Å². The number of carbonyl (C=O) groups excluding carboxylic acids is 1. The number of aliphatic carboxylic acids is 1. The monoisotopic (exact) mass is 373 g/mol. The van der Waals surface area contributed by atoms with Gasteiger partial charge in [0.15, 0.2) is 0 Å². The first kappa shape index (κ1) is 20.0. The molecule has 138 valence electrons. The number of carboxylic acid groups (broad SMARTS) is 1. The van der Waals surface area contributed by atoms with Crippen LogP contribution in [0.3, 0.4) is 0 Å². The third-order valence-electron chi connectivity index (χ3n) is 4.42. The van der Waals surface area contributed by atoms with E-state index in [1.807, 2.05) is 39.0 Å². The SMILES string of the molecule is CCCCC(C(=O)O)N(C(=O)c1ccc(Cl)cc1)c1c(C)cccc1C. The summed E-state index contributed by atoms with van der Waals surface area (Å²) in [5, 5.41) is 10.4. The molecule has 0 aliphatic rings. The lowest BCUT2D eigenvalue weighted by Gasteiger charge is -2.32. The van der Waals surface area contributed by atoms with Gasteiger partial charge in [0.2, 0.25) is 0 Å². The molecular weight excluding hydrogens is 350 g/mol. The van der Waals surface area contributed by atoms with Gasteiger partial charge in [-0.05, 0) is 55.7 Å². The van der Waals surface area contributed by atoms with Crippen LogP contribution in [0.1, 0.15) is 47.7 Å². The molecule has 2 aromatic carbocycles. The van der Waals surface area contributed by atoms with E-state index >= 15 is 0 Å². The maximum atomic E-state index is 13.3. The minimum atomic E-state index is -0.997. The van der Waals surface area contributed by atoms with Crippen LogP contribution in [0.15, 0.2) is 42.5 Å². The van der Waals surface area contributed by atoms with Gasteiger partial charge < -0.3 is 5.11 Å². The van der Waals surface area contributed by atoms with Crippen molar-refractivity contribution in [2.75, 3.05) is 4.90 Å². The van der Waals surface area contributed by atoms with Gasteiger partial charge >= 0.3 is 5.97 Å². The third kappa shape index (κ3) is 4.44. The number of benzene rings is 2. The molecule has 2 aromatic rings. The van der Waals surface area contributed by atoms with Gasteiger partial charge in [0.1, 0.15) is 6.04 Å². The summed E-state index contributed by atoms with van der Waals surface area (Å²) in [4.78, 5) is 26.7. The van der Waals surface area contributed by atoms with Crippen LogP contribution in [0.5, 0.6) is 0 Å². The van der Waals surface area contributed by atoms with E-state index < -0.39 is 12.0 Å². The predicted octanol–water partition coefficient (Wildman–Crippen LogP) is 5.25. The van der Waals surface area contributed by atoms with Crippen LogP contribution in [0, 0.1) is 13.8 Å². The first-order chi connectivity index (χ1) is 12.4. The van der Waals surface area contributed by atoms with Crippen molar-refractivity contribution < 1.29 is 14.7 Å². The molecule has 1 unspecified atom stereocenters. The summed E-state index contributed by atoms with van der Waals surface area (Å²) in [5.74, 6) is -1.33.